The molecule has 3 rings (SSSR count). The van der Waals surface area contributed by atoms with E-state index in [-0.39, 0.29) is 0 Å². The molecular formula is C14H19N7. The van der Waals surface area contributed by atoms with E-state index in [0.717, 1.165) is 46.2 Å². The lowest BCUT2D eigenvalue weighted by molar-refractivity contribution is 0.676. The van der Waals surface area contributed by atoms with Crippen molar-refractivity contribution in [2.24, 2.45) is 7.05 Å². The van der Waals surface area contributed by atoms with Crippen LogP contribution in [0, 0.1) is 20.8 Å². The normalized spacial score (nSPS) is 11.3. The number of rotatable bonds is 3. The van der Waals surface area contributed by atoms with Crippen LogP contribution in [0.3, 0.4) is 0 Å². The predicted octanol–water partition coefficient (Wildman–Crippen LogP) is 2.25. The van der Waals surface area contributed by atoms with Crippen LogP contribution < -0.4 is 5.32 Å². The van der Waals surface area contributed by atoms with Gasteiger partial charge in [0.2, 0.25) is 0 Å². The van der Waals surface area contributed by atoms with Crippen molar-refractivity contribution >= 4 is 22.5 Å². The number of aryl methyl sites for hydroxylation is 4. The summed E-state index contributed by atoms with van der Waals surface area (Å²) in [6.45, 7) is 8.81. The molecule has 21 heavy (non-hydrogen) atoms. The monoisotopic (exact) mass is 285 g/mol. The van der Waals surface area contributed by atoms with Crippen molar-refractivity contribution in [1.29, 1.82) is 0 Å². The molecule has 0 atom stereocenters. The van der Waals surface area contributed by atoms with Crippen molar-refractivity contribution in [1.82, 2.24) is 29.5 Å². The Bertz CT molecular complexity index is 812. The average molecular weight is 285 g/mol. The minimum Gasteiger partial charge on any atom is -0.335 e. The second kappa shape index (κ2) is 4.83. The van der Waals surface area contributed by atoms with Crippen LogP contribution in [-0.2, 0) is 13.6 Å². The molecule has 0 fully saturated rings. The van der Waals surface area contributed by atoms with Crippen LogP contribution in [0.5, 0.6) is 0 Å². The maximum Gasteiger partial charge on any atom is 0.160 e. The molecule has 1 N–H and O–H groups in total. The molecule has 0 bridgehead atoms. The van der Waals surface area contributed by atoms with E-state index in [9.17, 15) is 0 Å². The lowest BCUT2D eigenvalue weighted by atomic mass is 10.3. The smallest absolute Gasteiger partial charge is 0.160 e. The molecule has 0 amide bonds. The fourth-order valence-electron chi connectivity index (χ4n) is 2.56. The first kappa shape index (κ1) is 13.5. The number of nitrogens with zero attached hydrogens (tertiary/aromatic N) is 6. The highest BCUT2D eigenvalue weighted by Crippen LogP contribution is 2.28. The first-order valence-electron chi connectivity index (χ1n) is 6.98. The molecule has 3 heterocycles. The zero-order chi connectivity index (χ0) is 15.1. The highest BCUT2D eigenvalue weighted by molar-refractivity contribution is 5.89. The topological polar surface area (TPSA) is 73.5 Å². The van der Waals surface area contributed by atoms with Crippen LogP contribution in [0.1, 0.15) is 24.0 Å². The largest absolute Gasteiger partial charge is 0.335 e. The van der Waals surface area contributed by atoms with Crippen molar-refractivity contribution in [2.45, 2.75) is 34.2 Å². The van der Waals surface area contributed by atoms with Crippen molar-refractivity contribution in [2.75, 3.05) is 5.32 Å². The molecule has 0 aliphatic rings. The molecule has 0 aromatic carbocycles. The van der Waals surface area contributed by atoms with E-state index in [2.05, 4.69) is 32.4 Å². The number of nitrogens with one attached hydrogen (secondary N) is 1. The minimum atomic E-state index is 0.765. The predicted molar refractivity (Wildman–Crippen MR) is 81.7 cm³/mol. The van der Waals surface area contributed by atoms with E-state index in [1.54, 1.807) is 6.33 Å². The van der Waals surface area contributed by atoms with E-state index >= 15 is 0 Å². The van der Waals surface area contributed by atoms with Gasteiger partial charge >= 0.3 is 0 Å². The molecule has 7 nitrogen and oxygen atoms in total. The molecule has 0 saturated heterocycles. The van der Waals surface area contributed by atoms with Crippen LogP contribution in [0.15, 0.2) is 6.33 Å². The van der Waals surface area contributed by atoms with Gasteiger partial charge in [0.25, 0.3) is 0 Å². The number of aromatic nitrogens is 6. The molecule has 0 radical (unpaired) electrons. The summed E-state index contributed by atoms with van der Waals surface area (Å²) >= 11 is 0. The van der Waals surface area contributed by atoms with Crippen LogP contribution >= 0.6 is 0 Å². The molecule has 7 heteroatoms. The van der Waals surface area contributed by atoms with Gasteiger partial charge in [-0.1, -0.05) is 0 Å². The van der Waals surface area contributed by atoms with E-state index in [1.165, 1.54) is 0 Å². The molecule has 3 aromatic rings. The Labute approximate surface area is 123 Å². The molecule has 0 unspecified atom stereocenters. The molecule has 110 valence electrons. The second-order valence-electron chi connectivity index (χ2n) is 5.12. The summed E-state index contributed by atoms with van der Waals surface area (Å²) in [5.41, 5.74) is 5.73. The van der Waals surface area contributed by atoms with Crippen LogP contribution in [0.2, 0.25) is 0 Å². The lowest BCUT2D eigenvalue weighted by Crippen LogP contribution is -2.03. The van der Waals surface area contributed by atoms with Crippen LogP contribution in [0.25, 0.3) is 11.0 Å². The van der Waals surface area contributed by atoms with Gasteiger partial charge in [-0.3, -0.25) is 9.36 Å². The standard InChI is InChI=1S/C14H19N7/c1-6-21-13-12(9(3)19-21)15-7-16-14(13)17-11-8(2)18-20(5)10(11)4/h7H,6H2,1-5H3,(H,15,16,17). The molecule has 0 spiro atoms. The first-order valence-corrected chi connectivity index (χ1v) is 6.98. The Morgan fingerprint density at radius 1 is 1.10 bits per heavy atom. The van der Waals surface area contributed by atoms with Crippen LogP contribution in [0.4, 0.5) is 11.5 Å². The maximum atomic E-state index is 4.51. The molecule has 0 aliphatic heterocycles. The third-order valence-corrected chi connectivity index (χ3v) is 3.75. The maximum absolute atomic E-state index is 4.51. The third kappa shape index (κ3) is 2.05. The van der Waals surface area contributed by atoms with Gasteiger partial charge in [-0.2, -0.15) is 10.2 Å². The van der Waals surface area contributed by atoms with Gasteiger partial charge in [0, 0.05) is 13.6 Å². The average Bonchev–Trinajstić information content (AvgIpc) is 2.92. The zero-order valence-electron chi connectivity index (χ0n) is 13.0. The van der Waals surface area contributed by atoms with Crippen molar-refractivity contribution in [3.05, 3.63) is 23.4 Å². The quantitative estimate of drug-likeness (QED) is 0.799. The molecule has 0 aliphatic carbocycles. The Balaban J connectivity index is 2.17. The summed E-state index contributed by atoms with van der Waals surface area (Å²) in [5, 5.41) is 12.3. The Kier molecular flexibility index (Phi) is 3.12. The lowest BCUT2D eigenvalue weighted by Gasteiger charge is -2.08. The molecule has 3 aromatic heterocycles. The van der Waals surface area contributed by atoms with Crippen LogP contribution in [-0.4, -0.2) is 29.5 Å². The first-order chi connectivity index (χ1) is 10.0. The second-order valence-corrected chi connectivity index (χ2v) is 5.12. The Morgan fingerprint density at radius 2 is 1.86 bits per heavy atom. The number of hydrogen-bond acceptors (Lipinski definition) is 5. The van der Waals surface area contributed by atoms with Gasteiger partial charge in [-0.25, -0.2) is 9.97 Å². The van der Waals surface area contributed by atoms with E-state index in [0.29, 0.717) is 0 Å². The van der Waals surface area contributed by atoms with Gasteiger partial charge in [-0.05, 0) is 27.7 Å². The van der Waals surface area contributed by atoms with Gasteiger partial charge < -0.3 is 5.32 Å². The summed E-state index contributed by atoms with van der Waals surface area (Å²) in [4.78, 5) is 8.74. The summed E-state index contributed by atoms with van der Waals surface area (Å²) in [6.07, 6.45) is 1.57. The van der Waals surface area contributed by atoms with Gasteiger partial charge in [0.15, 0.2) is 5.82 Å². The fourth-order valence-corrected chi connectivity index (χ4v) is 2.56. The summed E-state index contributed by atoms with van der Waals surface area (Å²) in [5.74, 6) is 0.765. The summed E-state index contributed by atoms with van der Waals surface area (Å²) in [6, 6.07) is 0. The molecular weight excluding hydrogens is 266 g/mol. The van der Waals surface area contributed by atoms with Gasteiger partial charge in [-0.15, -0.1) is 0 Å². The molecule has 0 saturated carbocycles. The highest BCUT2D eigenvalue weighted by atomic mass is 15.3. The zero-order valence-corrected chi connectivity index (χ0v) is 13.0. The number of anilines is 2. The van der Waals surface area contributed by atoms with E-state index in [1.807, 2.05) is 37.2 Å². The Hall–Kier alpha value is -2.44. The van der Waals surface area contributed by atoms with Crippen molar-refractivity contribution < 1.29 is 0 Å². The number of hydrogen-bond donors (Lipinski definition) is 1. The van der Waals surface area contributed by atoms with Gasteiger partial charge in [0.1, 0.15) is 17.4 Å². The third-order valence-electron chi connectivity index (χ3n) is 3.75. The Morgan fingerprint density at radius 3 is 2.48 bits per heavy atom. The summed E-state index contributed by atoms with van der Waals surface area (Å²) in [7, 11) is 1.93. The van der Waals surface area contributed by atoms with E-state index in [4.69, 9.17) is 0 Å². The highest BCUT2D eigenvalue weighted by Gasteiger charge is 2.16. The van der Waals surface area contributed by atoms with Crippen molar-refractivity contribution in [3.63, 3.8) is 0 Å². The minimum absolute atomic E-state index is 0.765. The van der Waals surface area contributed by atoms with Gasteiger partial charge in [0.05, 0.1) is 22.8 Å². The van der Waals surface area contributed by atoms with E-state index < -0.39 is 0 Å². The van der Waals surface area contributed by atoms with Crippen molar-refractivity contribution in [3.8, 4) is 0 Å². The number of fused-ring (bicyclic) bond motifs is 1. The SMILES string of the molecule is CCn1nc(C)c2ncnc(Nc3c(C)nn(C)c3C)c21. The summed E-state index contributed by atoms with van der Waals surface area (Å²) < 4.78 is 3.78. The fraction of sp³-hybridized carbons (Fsp3) is 0.429.